The number of fused-ring (bicyclic) bond motifs is 1. The Morgan fingerprint density at radius 3 is 2.67 bits per heavy atom. The molecule has 0 bridgehead atoms. The molecule has 0 radical (unpaired) electrons. The van der Waals surface area contributed by atoms with E-state index < -0.39 is 17.4 Å². The number of rotatable bonds is 3. The quantitative estimate of drug-likeness (QED) is 0.752. The summed E-state index contributed by atoms with van der Waals surface area (Å²) in [6.45, 7) is 0.121. The highest BCUT2D eigenvalue weighted by Gasteiger charge is 2.30. The first-order valence-electron chi connectivity index (χ1n) is 8.34. The second-order valence-electron chi connectivity index (χ2n) is 6.62. The number of aromatic nitrogens is 1. The first kappa shape index (κ1) is 16.5. The minimum Gasteiger partial charge on any atom is -0.388 e. The number of nitrogens with one attached hydrogen (secondary N) is 2. The van der Waals surface area contributed by atoms with Gasteiger partial charge in [0.05, 0.1) is 5.60 Å². The van der Waals surface area contributed by atoms with Crippen molar-refractivity contribution in [1.82, 2.24) is 9.88 Å². The van der Waals surface area contributed by atoms with Crippen LogP contribution in [0.25, 0.3) is 10.9 Å². The molecule has 1 saturated carbocycles. The number of aliphatic hydroxyl groups is 1. The number of anilines is 1. The van der Waals surface area contributed by atoms with Crippen LogP contribution in [0.2, 0.25) is 0 Å². The smallest absolute Gasteiger partial charge is 0.313 e. The molecule has 0 spiro atoms. The average molecular weight is 329 g/mol. The maximum absolute atomic E-state index is 12.0. The normalized spacial score (nSPS) is 16.8. The lowest BCUT2D eigenvalue weighted by molar-refractivity contribution is -0.137. The molecule has 0 atom stereocenters. The Morgan fingerprint density at radius 1 is 1.17 bits per heavy atom. The second-order valence-corrected chi connectivity index (χ2v) is 6.62. The van der Waals surface area contributed by atoms with E-state index in [1.54, 1.807) is 6.07 Å². The second kappa shape index (κ2) is 6.65. The summed E-state index contributed by atoms with van der Waals surface area (Å²) in [6, 6.07) is 7.48. The van der Waals surface area contributed by atoms with Crippen molar-refractivity contribution in [3.8, 4) is 0 Å². The first-order chi connectivity index (χ1) is 11.5. The van der Waals surface area contributed by atoms with Gasteiger partial charge in [0, 0.05) is 31.0 Å². The van der Waals surface area contributed by atoms with Gasteiger partial charge in [-0.05, 0) is 36.4 Å². The van der Waals surface area contributed by atoms with Crippen LogP contribution < -0.4 is 10.6 Å². The zero-order valence-corrected chi connectivity index (χ0v) is 13.8. The lowest BCUT2D eigenvalue weighted by Gasteiger charge is -2.31. The van der Waals surface area contributed by atoms with E-state index in [0.717, 1.165) is 30.2 Å². The third-order valence-corrected chi connectivity index (χ3v) is 4.71. The molecular formula is C18H23N3O3. The largest absolute Gasteiger partial charge is 0.388 e. The van der Waals surface area contributed by atoms with Gasteiger partial charge in [-0.1, -0.05) is 25.3 Å². The molecule has 0 saturated heterocycles. The number of nitrogens with zero attached hydrogens (tertiary/aromatic N) is 1. The topological polar surface area (TPSA) is 83.4 Å². The Kier molecular flexibility index (Phi) is 4.57. The van der Waals surface area contributed by atoms with Crippen LogP contribution in [0.5, 0.6) is 0 Å². The molecule has 1 fully saturated rings. The summed E-state index contributed by atoms with van der Waals surface area (Å²) in [5.41, 5.74) is 0.668. The van der Waals surface area contributed by atoms with Crippen molar-refractivity contribution in [1.29, 1.82) is 0 Å². The number of benzene rings is 1. The van der Waals surface area contributed by atoms with Crippen molar-refractivity contribution < 1.29 is 14.7 Å². The fourth-order valence-corrected chi connectivity index (χ4v) is 3.24. The Hall–Kier alpha value is -2.34. The van der Waals surface area contributed by atoms with Crippen LogP contribution in [-0.4, -0.2) is 33.6 Å². The molecule has 6 heteroatoms. The molecule has 3 N–H and O–H groups in total. The fraction of sp³-hybridized carbons (Fsp3) is 0.444. The highest BCUT2D eigenvalue weighted by molar-refractivity contribution is 6.39. The Balaban J connectivity index is 1.58. The molecule has 1 aromatic heterocycles. The Morgan fingerprint density at radius 2 is 1.92 bits per heavy atom. The zero-order chi connectivity index (χ0) is 17.2. The van der Waals surface area contributed by atoms with E-state index in [9.17, 15) is 14.7 Å². The van der Waals surface area contributed by atoms with Gasteiger partial charge < -0.3 is 20.3 Å². The Bertz CT molecular complexity index is 760. The number of amides is 2. The molecular weight excluding hydrogens is 306 g/mol. The van der Waals surface area contributed by atoms with Gasteiger partial charge in [-0.3, -0.25) is 9.59 Å². The van der Waals surface area contributed by atoms with Gasteiger partial charge >= 0.3 is 11.8 Å². The van der Waals surface area contributed by atoms with E-state index in [0.29, 0.717) is 18.5 Å². The summed E-state index contributed by atoms with van der Waals surface area (Å²) in [5, 5.41) is 16.6. The average Bonchev–Trinajstić information content (AvgIpc) is 2.94. The molecule has 2 amide bonds. The fourth-order valence-electron chi connectivity index (χ4n) is 3.24. The van der Waals surface area contributed by atoms with E-state index in [2.05, 4.69) is 10.6 Å². The lowest BCUT2D eigenvalue weighted by Crippen LogP contribution is -2.47. The van der Waals surface area contributed by atoms with Gasteiger partial charge in [0.15, 0.2) is 0 Å². The Labute approximate surface area is 140 Å². The van der Waals surface area contributed by atoms with Gasteiger partial charge in [-0.25, -0.2) is 0 Å². The van der Waals surface area contributed by atoms with Crippen LogP contribution in [0.4, 0.5) is 5.69 Å². The van der Waals surface area contributed by atoms with Gasteiger partial charge in [0.25, 0.3) is 0 Å². The van der Waals surface area contributed by atoms with Gasteiger partial charge in [-0.2, -0.15) is 0 Å². The van der Waals surface area contributed by atoms with Crippen molar-refractivity contribution in [2.45, 2.75) is 37.7 Å². The molecule has 1 aliphatic carbocycles. The number of carbonyl (C=O) groups excluding carboxylic acids is 2. The van der Waals surface area contributed by atoms with Gasteiger partial charge in [-0.15, -0.1) is 0 Å². The monoisotopic (exact) mass is 329 g/mol. The van der Waals surface area contributed by atoms with Crippen molar-refractivity contribution >= 4 is 28.4 Å². The van der Waals surface area contributed by atoms with Gasteiger partial charge in [0.1, 0.15) is 0 Å². The maximum atomic E-state index is 12.0. The maximum Gasteiger partial charge on any atom is 0.313 e. The molecule has 1 aromatic carbocycles. The summed E-state index contributed by atoms with van der Waals surface area (Å²) < 4.78 is 1.95. The number of hydrogen-bond acceptors (Lipinski definition) is 3. The molecule has 0 aliphatic heterocycles. The van der Waals surface area contributed by atoms with Crippen LogP contribution in [0.15, 0.2) is 30.5 Å². The first-order valence-corrected chi connectivity index (χ1v) is 8.34. The summed E-state index contributed by atoms with van der Waals surface area (Å²) >= 11 is 0. The van der Waals surface area contributed by atoms with Crippen molar-refractivity contribution in [2.24, 2.45) is 7.05 Å². The summed E-state index contributed by atoms with van der Waals surface area (Å²) in [7, 11) is 1.92. The van der Waals surface area contributed by atoms with E-state index in [1.165, 1.54) is 0 Å². The zero-order valence-electron chi connectivity index (χ0n) is 13.8. The number of hydrogen-bond donors (Lipinski definition) is 3. The van der Waals surface area contributed by atoms with Crippen LogP contribution >= 0.6 is 0 Å². The van der Waals surface area contributed by atoms with Crippen molar-refractivity contribution in [3.63, 3.8) is 0 Å². The van der Waals surface area contributed by atoms with Crippen LogP contribution in [0, 0.1) is 0 Å². The molecule has 1 aliphatic rings. The SMILES string of the molecule is Cn1ccc2ccc(NC(=O)C(=O)NCC3(O)CCCCC3)cc21. The third kappa shape index (κ3) is 3.59. The minimum atomic E-state index is -0.879. The van der Waals surface area contributed by atoms with Crippen LogP contribution in [0.3, 0.4) is 0 Å². The molecule has 1 heterocycles. The van der Waals surface area contributed by atoms with E-state index in [4.69, 9.17) is 0 Å². The summed E-state index contributed by atoms with van der Waals surface area (Å²) in [5.74, 6) is -1.44. The van der Waals surface area contributed by atoms with Crippen LogP contribution in [0.1, 0.15) is 32.1 Å². The number of aryl methyl sites for hydroxylation is 1. The van der Waals surface area contributed by atoms with E-state index >= 15 is 0 Å². The molecule has 24 heavy (non-hydrogen) atoms. The summed E-state index contributed by atoms with van der Waals surface area (Å²) in [6.07, 6.45) is 6.29. The predicted octanol–water partition coefficient (Wildman–Crippen LogP) is 1.93. The highest BCUT2D eigenvalue weighted by atomic mass is 16.3. The van der Waals surface area contributed by atoms with Crippen molar-refractivity contribution in [2.75, 3.05) is 11.9 Å². The third-order valence-electron chi connectivity index (χ3n) is 4.71. The van der Waals surface area contributed by atoms with E-state index in [-0.39, 0.29) is 6.54 Å². The molecule has 0 unspecified atom stereocenters. The standard InChI is InChI=1S/C18H23N3O3/c1-21-10-7-13-5-6-14(11-15(13)21)20-17(23)16(22)19-12-18(24)8-3-2-4-9-18/h5-7,10-11,24H,2-4,8-9,12H2,1H3,(H,19,22)(H,20,23). The summed E-state index contributed by atoms with van der Waals surface area (Å²) in [4.78, 5) is 24.0. The molecule has 128 valence electrons. The molecule has 3 rings (SSSR count). The minimum absolute atomic E-state index is 0.121. The van der Waals surface area contributed by atoms with Crippen LogP contribution in [-0.2, 0) is 16.6 Å². The highest BCUT2D eigenvalue weighted by Crippen LogP contribution is 2.27. The predicted molar refractivity (Wildman–Crippen MR) is 92.6 cm³/mol. The van der Waals surface area contributed by atoms with Gasteiger partial charge in [0.2, 0.25) is 0 Å². The van der Waals surface area contributed by atoms with Crippen molar-refractivity contribution in [3.05, 3.63) is 30.5 Å². The molecule has 2 aromatic rings. The van der Waals surface area contributed by atoms with E-state index in [1.807, 2.05) is 36.0 Å². The lowest BCUT2D eigenvalue weighted by atomic mass is 9.85. The number of carbonyl (C=O) groups is 2. The molecule has 6 nitrogen and oxygen atoms in total.